The smallest absolute Gasteiger partial charge is 0.226 e. The fourth-order valence-electron chi connectivity index (χ4n) is 5.31. The number of rotatable bonds is 5. The number of fused-ring (bicyclic) bond motifs is 1. The van der Waals surface area contributed by atoms with Gasteiger partial charge in [0.05, 0.1) is 18.3 Å². The normalized spacial score (nSPS) is 25.3. The first-order valence-electron chi connectivity index (χ1n) is 11.8. The maximum Gasteiger partial charge on any atom is 0.226 e. The average molecular weight is 508 g/mol. The van der Waals surface area contributed by atoms with Gasteiger partial charge in [0.15, 0.2) is 23.2 Å². The second-order valence-electron chi connectivity index (χ2n) is 9.54. The minimum absolute atomic E-state index is 0.0403. The van der Waals surface area contributed by atoms with Gasteiger partial charge in [-0.2, -0.15) is 9.97 Å². The van der Waals surface area contributed by atoms with Crippen LogP contribution in [0.3, 0.4) is 0 Å². The second kappa shape index (κ2) is 8.79. The number of imidazole rings is 1. The summed E-state index contributed by atoms with van der Waals surface area (Å²) in [5.41, 5.74) is 4.33. The molecule has 2 aromatic heterocycles. The molecule has 3 N–H and O–H groups in total. The Bertz CT molecular complexity index is 1390. The van der Waals surface area contributed by atoms with E-state index in [1.54, 1.807) is 0 Å². The van der Waals surface area contributed by atoms with Gasteiger partial charge < -0.3 is 25.0 Å². The molecule has 0 aliphatic carbocycles. The molecular weight excluding hydrogens is 482 g/mol. The van der Waals surface area contributed by atoms with Gasteiger partial charge in [0, 0.05) is 13.1 Å². The van der Waals surface area contributed by atoms with Crippen molar-refractivity contribution in [1.82, 2.24) is 19.5 Å². The number of halogens is 1. The molecule has 0 spiro atoms. The summed E-state index contributed by atoms with van der Waals surface area (Å²) in [7, 11) is 0. The first-order chi connectivity index (χ1) is 17.4. The standard InChI is InChI=1S/C26H26ClN5O4/c1-15-7-9-17(10-8-15)26(16-5-3-2-4-6-16)12-31(13-26)22-19-23(30-25(27)29-22)32(14-28-19)24-21(35)20(34)18(11-33)36-24/h2-10,14,18,20-21,24,33-35H,11-13H2,1H3/t18-,20+,21?,24-/m1/s1. The van der Waals surface area contributed by atoms with Crippen LogP contribution < -0.4 is 4.90 Å². The van der Waals surface area contributed by atoms with E-state index in [1.165, 1.54) is 27.6 Å². The number of aromatic nitrogens is 4. The zero-order valence-corrected chi connectivity index (χ0v) is 20.3. The molecule has 0 radical (unpaired) electrons. The Morgan fingerprint density at radius 2 is 1.69 bits per heavy atom. The molecule has 2 aliphatic rings. The third-order valence-electron chi connectivity index (χ3n) is 7.32. The van der Waals surface area contributed by atoms with Crippen LogP contribution in [0.1, 0.15) is 22.9 Å². The molecule has 2 aliphatic heterocycles. The molecule has 2 fully saturated rings. The number of hydrogen-bond donors (Lipinski definition) is 3. The summed E-state index contributed by atoms with van der Waals surface area (Å²) in [5, 5.41) is 30.2. The third-order valence-corrected chi connectivity index (χ3v) is 7.49. The molecule has 4 aromatic rings. The zero-order chi connectivity index (χ0) is 25.0. The predicted molar refractivity (Wildman–Crippen MR) is 134 cm³/mol. The highest BCUT2D eigenvalue weighted by molar-refractivity contribution is 6.28. The van der Waals surface area contributed by atoms with E-state index in [2.05, 4.69) is 75.3 Å². The van der Waals surface area contributed by atoms with Crippen LogP contribution in [-0.2, 0) is 10.2 Å². The fourth-order valence-corrected chi connectivity index (χ4v) is 5.47. The van der Waals surface area contributed by atoms with Gasteiger partial charge in [0.1, 0.15) is 18.3 Å². The molecule has 2 aromatic carbocycles. The Hall–Kier alpha value is -3.08. The number of nitrogens with zero attached hydrogens (tertiary/aromatic N) is 5. The predicted octanol–water partition coefficient (Wildman–Crippen LogP) is 2.21. The Kier molecular flexibility index (Phi) is 5.70. The number of anilines is 1. The van der Waals surface area contributed by atoms with Gasteiger partial charge in [-0.3, -0.25) is 4.57 Å². The molecule has 2 saturated heterocycles. The zero-order valence-electron chi connectivity index (χ0n) is 19.6. The highest BCUT2D eigenvalue weighted by Gasteiger charge is 2.48. The quantitative estimate of drug-likeness (QED) is 0.352. The molecule has 0 amide bonds. The lowest BCUT2D eigenvalue weighted by atomic mass is 9.68. The number of aliphatic hydroxyl groups excluding tert-OH is 3. The maximum absolute atomic E-state index is 10.5. The van der Waals surface area contributed by atoms with Crippen molar-refractivity contribution in [1.29, 1.82) is 0 Å². The SMILES string of the molecule is Cc1ccc(C2(c3ccccc3)CN(c3nc(Cl)nc4c3ncn4[C@@H]3O[C@H](CO)[C@H](O)C3O)C2)cc1. The summed E-state index contributed by atoms with van der Waals surface area (Å²) in [4.78, 5) is 15.5. The number of ether oxygens (including phenoxy) is 1. The second-order valence-corrected chi connectivity index (χ2v) is 9.88. The lowest BCUT2D eigenvalue weighted by molar-refractivity contribution is -0.0511. The molecular formula is C26H26ClN5O4. The van der Waals surface area contributed by atoms with Crippen molar-refractivity contribution in [2.24, 2.45) is 0 Å². The summed E-state index contributed by atoms with van der Waals surface area (Å²) in [5.74, 6) is 0.592. The van der Waals surface area contributed by atoms with E-state index in [0.29, 0.717) is 30.1 Å². The van der Waals surface area contributed by atoms with Gasteiger partial charge in [0.25, 0.3) is 0 Å². The molecule has 4 atom stereocenters. The van der Waals surface area contributed by atoms with Gasteiger partial charge in [0.2, 0.25) is 5.28 Å². The van der Waals surface area contributed by atoms with E-state index < -0.39 is 31.1 Å². The fraction of sp³-hybridized carbons (Fsp3) is 0.346. The van der Waals surface area contributed by atoms with Gasteiger partial charge in [-0.15, -0.1) is 0 Å². The monoisotopic (exact) mass is 507 g/mol. The van der Waals surface area contributed by atoms with Crippen molar-refractivity contribution in [2.45, 2.75) is 36.9 Å². The van der Waals surface area contributed by atoms with Crippen LogP contribution in [-0.4, -0.2) is 72.8 Å². The Morgan fingerprint density at radius 1 is 1.00 bits per heavy atom. The minimum atomic E-state index is -1.26. The van der Waals surface area contributed by atoms with Gasteiger partial charge >= 0.3 is 0 Å². The summed E-state index contributed by atoms with van der Waals surface area (Å²) in [6.07, 6.45) is -2.87. The summed E-state index contributed by atoms with van der Waals surface area (Å²) < 4.78 is 7.21. The van der Waals surface area contributed by atoms with Crippen molar-refractivity contribution in [3.8, 4) is 0 Å². The molecule has 0 saturated carbocycles. The van der Waals surface area contributed by atoms with Crippen LogP contribution in [0.15, 0.2) is 60.9 Å². The van der Waals surface area contributed by atoms with Gasteiger partial charge in [-0.05, 0) is 29.7 Å². The van der Waals surface area contributed by atoms with Gasteiger partial charge in [-0.25, -0.2) is 4.98 Å². The van der Waals surface area contributed by atoms with Gasteiger partial charge in [-0.1, -0.05) is 60.2 Å². The summed E-state index contributed by atoms with van der Waals surface area (Å²) in [6, 6.07) is 19.0. The first kappa shape index (κ1) is 23.3. The van der Waals surface area contributed by atoms with Crippen LogP contribution in [0.5, 0.6) is 0 Å². The lowest BCUT2D eigenvalue weighted by Crippen LogP contribution is -2.60. The van der Waals surface area contributed by atoms with Crippen LogP contribution in [0.2, 0.25) is 5.28 Å². The molecule has 9 nitrogen and oxygen atoms in total. The molecule has 36 heavy (non-hydrogen) atoms. The van der Waals surface area contributed by atoms with Crippen LogP contribution >= 0.6 is 11.6 Å². The first-order valence-corrected chi connectivity index (χ1v) is 12.2. The van der Waals surface area contributed by atoms with Crippen LogP contribution in [0.4, 0.5) is 5.82 Å². The van der Waals surface area contributed by atoms with E-state index in [-0.39, 0.29) is 10.7 Å². The summed E-state index contributed by atoms with van der Waals surface area (Å²) in [6.45, 7) is 3.00. The third kappa shape index (κ3) is 3.58. The number of benzene rings is 2. The highest BCUT2D eigenvalue weighted by atomic mass is 35.5. The molecule has 6 rings (SSSR count). The lowest BCUT2D eigenvalue weighted by Gasteiger charge is -2.51. The largest absolute Gasteiger partial charge is 0.394 e. The number of aliphatic hydroxyl groups is 3. The van der Waals surface area contributed by atoms with E-state index in [0.717, 1.165) is 0 Å². The molecule has 1 unspecified atom stereocenters. The van der Waals surface area contributed by atoms with Crippen molar-refractivity contribution in [2.75, 3.05) is 24.6 Å². The van der Waals surface area contributed by atoms with E-state index >= 15 is 0 Å². The Labute approximate surface area is 212 Å². The minimum Gasteiger partial charge on any atom is -0.394 e. The molecule has 4 heterocycles. The molecule has 0 bridgehead atoms. The topological polar surface area (TPSA) is 117 Å². The molecule has 10 heteroatoms. The number of aryl methyl sites for hydroxylation is 1. The summed E-state index contributed by atoms with van der Waals surface area (Å²) >= 11 is 6.35. The van der Waals surface area contributed by atoms with Crippen molar-refractivity contribution in [3.63, 3.8) is 0 Å². The van der Waals surface area contributed by atoms with Crippen LogP contribution in [0, 0.1) is 6.92 Å². The van der Waals surface area contributed by atoms with Crippen LogP contribution in [0.25, 0.3) is 11.2 Å². The Balaban J connectivity index is 1.38. The average Bonchev–Trinajstić information content (AvgIpc) is 3.40. The van der Waals surface area contributed by atoms with E-state index in [9.17, 15) is 15.3 Å². The highest BCUT2D eigenvalue weighted by Crippen LogP contribution is 2.44. The van der Waals surface area contributed by atoms with E-state index in [4.69, 9.17) is 16.3 Å². The van der Waals surface area contributed by atoms with Crippen molar-refractivity contribution < 1.29 is 20.1 Å². The maximum atomic E-state index is 10.5. The molecule has 186 valence electrons. The van der Waals surface area contributed by atoms with E-state index in [1.807, 2.05) is 6.07 Å². The number of hydrogen-bond acceptors (Lipinski definition) is 8. The van der Waals surface area contributed by atoms with Crippen molar-refractivity contribution >= 4 is 28.6 Å². The van der Waals surface area contributed by atoms with Crippen molar-refractivity contribution in [3.05, 3.63) is 82.9 Å². The Morgan fingerprint density at radius 3 is 2.36 bits per heavy atom.